The Morgan fingerprint density at radius 2 is 1.30 bits per heavy atom. The van der Waals surface area contributed by atoms with Crippen molar-refractivity contribution in [1.29, 1.82) is 0 Å². The molecule has 0 radical (unpaired) electrons. The van der Waals surface area contributed by atoms with Gasteiger partial charge in [-0.05, 0) is 12.1 Å². The number of carbonyl (C=O) groups is 5. The molecule has 2 aliphatic rings. The van der Waals surface area contributed by atoms with Crippen molar-refractivity contribution in [3.63, 3.8) is 0 Å². The molecule has 0 aromatic heterocycles. The third-order valence-corrected chi connectivity index (χ3v) is 4.23. The van der Waals surface area contributed by atoms with Crippen LogP contribution in [0.1, 0.15) is 40.0 Å². The molecular weight excluding hydrogens is 400 g/mol. The van der Waals surface area contributed by atoms with Crippen molar-refractivity contribution in [3.8, 4) is 0 Å². The second-order valence-electron chi connectivity index (χ2n) is 6.30. The van der Waals surface area contributed by atoms with Crippen molar-refractivity contribution in [2.75, 3.05) is 33.0 Å². The number of amides is 4. The van der Waals surface area contributed by atoms with Crippen molar-refractivity contribution in [3.05, 3.63) is 35.4 Å². The lowest BCUT2D eigenvalue weighted by atomic mass is 10.1. The number of imide groups is 2. The smallest absolute Gasteiger partial charge is 0.335 e. The molecule has 1 aromatic carbocycles. The third-order valence-electron chi connectivity index (χ3n) is 4.23. The molecule has 2 aliphatic heterocycles. The summed E-state index contributed by atoms with van der Waals surface area (Å²) in [6.45, 7) is 0.531. The molecule has 0 aliphatic carbocycles. The van der Waals surface area contributed by atoms with Gasteiger partial charge >= 0.3 is 5.97 Å². The van der Waals surface area contributed by atoms with Crippen LogP contribution in [0.5, 0.6) is 0 Å². The zero-order chi connectivity index (χ0) is 21.5. The fraction of sp³-hybridized carbons (Fsp3) is 0.421. The Morgan fingerprint density at radius 1 is 0.767 bits per heavy atom. The molecule has 0 atom stereocenters. The van der Waals surface area contributed by atoms with E-state index in [4.69, 9.17) is 19.1 Å². The Balaban J connectivity index is 1.21. The Bertz CT molecular complexity index is 803. The first-order valence-corrected chi connectivity index (χ1v) is 9.32. The molecule has 2 heterocycles. The second-order valence-corrected chi connectivity index (χ2v) is 6.30. The van der Waals surface area contributed by atoms with Gasteiger partial charge in [-0.2, -0.15) is 0 Å². The average Bonchev–Trinajstić information content (AvgIpc) is 3.18. The fourth-order valence-corrected chi connectivity index (χ4v) is 2.75. The third kappa shape index (κ3) is 5.06. The maximum Gasteiger partial charge on any atom is 0.335 e. The van der Waals surface area contributed by atoms with E-state index in [0.29, 0.717) is 21.3 Å². The van der Waals surface area contributed by atoms with Crippen molar-refractivity contribution in [1.82, 2.24) is 10.1 Å². The lowest BCUT2D eigenvalue weighted by Crippen LogP contribution is -2.32. The predicted molar refractivity (Wildman–Crippen MR) is 96.3 cm³/mol. The van der Waals surface area contributed by atoms with Gasteiger partial charge in [0.25, 0.3) is 23.6 Å². The zero-order valence-electron chi connectivity index (χ0n) is 16.0. The van der Waals surface area contributed by atoms with E-state index < -0.39 is 29.6 Å². The Kier molecular flexibility index (Phi) is 7.22. The highest BCUT2D eigenvalue weighted by atomic mass is 16.7. The van der Waals surface area contributed by atoms with Crippen molar-refractivity contribution >= 4 is 29.6 Å². The summed E-state index contributed by atoms with van der Waals surface area (Å²) in [6.07, 6.45) is -0.0483. The van der Waals surface area contributed by atoms with E-state index in [1.165, 1.54) is 0 Å². The van der Waals surface area contributed by atoms with Crippen molar-refractivity contribution in [2.45, 2.75) is 19.3 Å². The van der Waals surface area contributed by atoms with Gasteiger partial charge in [0.1, 0.15) is 0 Å². The van der Waals surface area contributed by atoms with Crippen LogP contribution in [0, 0.1) is 0 Å². The number of hydrogen-bond acceptors (Lipinski definition) is 9. The highest BCUT2D eigenvalue weighted by molar-refractivity contribution is 6.20. The summed E-state index contributed by atoms with van der Waals surface area (Å²) in [7, 11) is 0. The van der Waals surface area contributed by atoms with Crippen LogP contribution in [-0.2, 0) is 33.5 Å². The van der Waals surface area contributed by atoms with Crippen LogP contribution < -0.4 is 0 Å². The molecule has 0 spiro atoms. The maximum atomic E-state index is 12.1. The van der Waals surface area contributed by atoms with Crippen molar-refractivity contribution in [2.24, 2.45) is 0 Å². The average molecular weight is 420 g/mol. The van der Waals surface area contributed by atoms with Crippen LogP contribution >= 0.6 is 0 Å². The quantitative estimate of drug-likeness (QED) is 0.365. The minimum atomic E-state index is -0.742. The van der Waals surface area contributed by atoms with E-state index in [-0.39, 0.29) is 52.3 Å². The van der Waals surface area contributed by atoms with Gasteiger partial charge < -0.3 is 14.3 Å². The van der Waals surface area contributed by atoms with Gasteiger partial charge in [0.2, 0.25) is 0 Å². The largest absolute Gasteiger partial charge is 0.378 e. The van der Waals surface area contributed by atoms with Gasteiger partial charge in [0, 0.05) is 12.8 Å². The fourth-order valence-electron chi connectivity index (χ4n) is 2.75. The van der Waals surface area contributed by atoms with Crippen LogP contribution in [0.25, 0.3) is 0 Å². The molecule has 3 rings (SSSR count). The van der Waals surface area contributed by atoms with E-state index in [1.54, 1.807) is 24.3 Å². The summed E-state index contributed by atoms with van der Waals surface area (Å²) in [5, 5.41) is 1.20. The number of benzene rings is 1. The number of fused-ring (bicyclic) bond motifs is 1. The molecule has 1 saturated heterocycles. The van der Waals surface area contributed by atoms with E-state index in [9.17, 15) is 24.0 Å². The SMILES string of the molecule is O=C(CCOCCOCCON1C(=O)c2ccccc2C1=O)ON1C(=O)CCC1=O. The molecule has 1 aromatic rings. The first-order valence-electron chi connectivity index (χ1n) is 9.32. The minimum Gasteiger partial charge on any atom is -0.378 e. The Morgan fingerprint density at radius 3 is 1.90 bits per heavy atom. The number of carbonyl (C=O) groups excluding carboxylic acids is 5. The highest BCUT2D eigenvalue weighted by Crippen LogP contribution is 2.22. The molecule has 0 N–H and O–H groups in total. The molecule has 0 unspecified atom stereocenters. The lowest BCUT2D eigenvalue weighted by molar-refractivity contribution is -0.198. The van der Waals surface area contributed by atoms with E-state index in [0.717, 1.165) is 0 Å². The lowest BCUT2D eigenvalue weighted by Gasteiger charge is -2.13. The standard InChI is InChI=1S/C19H20N2O9/c22-15-5-6-16(23)20(15)30-17(24)7-8-27-9-10-28-11-12-29-21-18(25)13-3-1-2-4-14(13)19(21)26/h1-4H,5-12H2. The number of hydrogen-bond donors (Lipinski definition) is 0. The second kappa shape index (κ2) is 10.1. The molecule has 0 bridgehead atoms. The van der Waals surface area contributed by atoms with Crippen LogP contribution in [0.4, 0.5) is 0 Å². The Hall–Kier alpha value is -3.15. The van der Waals surface area contributed by atoms with Crippen LogP contribution in [-0.4, -0.2) is 72.8 Å². The van der Waals surface area contributed by atoms with Gasteiger partial charge in [-0.1, -0.05) is 12.1 Å². The first-order chi connectivity index (χ1) is 14.5. The minimum absolute atomic E-state index is 0.00428. The topological polar surface area (TPSA) is 129 Å². The number of hydroxylamine groups is 4. The summed E-state index contributed by atoms with van der Waals surface area (Å²) in [5.74, 6) is -2.84. The molecule has 0 saturated carbocycles. The monoisotopic (exact) mass is 420 g/mol. The molecule has 4 amide bonds. The number of nitrogens with zero attached hydrogens (tertiary/aromatic N) is 2. The van der Waals surface area contributed by atoms with Gasteiger partial charge in [-0.3, -0.25) is 24.0 Å². The van der Waals surface area contributed by atoms with Crippen LogP contribution in [0.15, 0.2) is 24.3 Å². The van der Waals surface area contributed by atoms with E-state index in [2.05, 4.69) is 0 Å². The maximum absolute atomic E-state index is 12.1. The van der Waals surface area contributed by atoms with Crippen LogP contribution in [0.3, 0.4) is 0 Å². The molecule has 11 heteroatoms. The molecule has 160 valence electrons. The van der Waals surface area contributed by atoms with Crippen molar-refractivity contribution < 1.29 is 43.1 Å². The van der Waals surface area contributed by atoms with E-state index >= 15 is 0 Å². The molecule has 1 fully saturated rings. The van der Waals surface area contributed by atoms with Gasteiger partial charge in [0.15, 0.2) is 0 Å². The predicted octanol–water partition coefficient (Wildman–Crippen LogP) is 0.245. The van der Waals surface area contributed by atoms with E-state index in [1.807, 2.05) is 0 Å². The summed E-state index contributed by atoms with van der Waals surface area (Å²) in [4.78, 5) is 68.3. The number of rotatable bonds is 11. The zero-order valence-corrected chi connectivity index (χ0v) is 16.0. The normalized spacial score (nSPS) is 15.9. The van der Waals surface area contributed by atoms with Gasteiger partial charge in [-0.25, -0.2) is 4.79 Å². The van der Waals surface area contributed by atoms with Gasteiger partial charge in [0.05, 0.1) is 50.6 Å². The van der Waals surface area contributed by atoms with Crippen LogP contribution in [0.2, 0.25) is 0 Å². The first kappa shape index (κ1) is 21.6. The highest BCUT2D eigenvalue weighted by Gasteiger charge is 2.36. The molecule has 30 heavy (non-hydrogen) atoms. The molecular formula is C19H20N2O9. The summed E-state index contributed by atoms with van der Waals surface area (Å²) < 4.78 is 10.5. The summed E-state index contributed by atoms with van der Waals surface area (Å²) in [6, 6.07) is 6.45. The Labute approximate surface area is 171 Å². The number of ether oxygens (including phenoxy) is 2. The van der Waals surface area contributed by atoms with Gasteiger partial charge in [-0.15, -0.1) is 10.1 Å². The molecule has 11 nitrogen and oxygen atoms in total. The summed E-state index contributed by atoms with van der Waals surface area (Å²) >= 11 is 0. The summed E-state index contributed by atoms with van der Waals surface area (Å²) in [5.41, 5.74) is 0.600.